The van der Waals surface area contributed by atoms with Crippen LogP contribution in [0.15, 0.2) is 58.7 Å². The van der Waals surface area contributed by atoms with Gasteiger partial charge < -0.3 is 10.2 Å². The van der Waals surface area contributed by atoms with Crippen LogP contribution >= 0.6 is 0 Å². The fraction of sp³-hybridized carbons (Fsp3) is 0.143. The Bertz CT molecular complexity index is 556. The Morgan fingerprint density at radius 2 is 1.94 bits per heavy atom. The van der Waals surface area contributed by atoms with Crippen LogP contribution in [0.4, 0.5) is 0 Å². The van der Waals surface area contributed by atoms with Crippen LogP contribution in [-0.2, 0) is 9.59 Å². The standard InChI is InChI=1S/C14H12O4/c15-13(16)8-12(14(17)18)11-7-3-6-10(11)9-4-1-2-5-9/h1-4,7-8H,5-6H2,(H,15,16)(H,17,18)/b12-8-. The molecule has 0 aliphatic heterocycles. The highest BCUT2D eigenvalue weighted by molar-refractivity contribution is 6.00. The van der Waals surface area contributed by atoms with Crippen molar-refractivity contribution in [3.8, 4) is 0 Å². The van der Waals surface area contributed by atoms with Crippen molar-refractivity contribution in [3.05, 3.63) is 58.7 Å². The molecule has 0 aromatic carbocycles. The monoisotopic (exact) mass is 244 g/mol. The number of aliphatic carboxylic acids is 2. The molecule has 0 amide bonds. The molecule has 4 heteroatoms. The smallest absolute Gasteiger partial charge is 0.336 e. The van der Waals surface area contributed by atoms with E-state index >= 15 is 0 Å². The van der Waals surface area contributed by atoms with E-state index in [1.807, 2.05) is 24.3 Å². The molecule has 0 aromatic heterocycles. The van der Waals surface area contributed by atoms with Crippen LogP contribution in [0, 0.1) is 0 Å². The Morgan fingerprint density at radius 3 is 2.50 bits per heavy atom. The van der Waals surface area contributed by atoms with Crippen LogP contribution in [0.5, 0.6) is 0 Å². The number of carbonyl (C=O) groups is 2. The van der Waals surface area contributed by atoms with Gasteiger partial charge in [0, 0.05) is 6.08 Å². The summed E-state index contributed by atoms with van der Waals surface area (Å²) in [7, 11) is 0. The molecule has 0 spiro atoms. The van der Waals surface area contributed by atoms with E-state index in [9.17, 15) is 9.59 Å². The van der Waals surface area contributed by atoms with Crippen LogP contribution in [0.2, 0.25) is 0 Å². The Kier molecular flexibility index (Phi) is 3.28. The predicted molar refractivity (Wildman–Crippen MR) is 66.0 cm³/mol. The highest BCUT2D eigenvalue weighted by atomic mass is 16.4. The third-order valence-corrected chi connectivity index (χ3v) is 2.88. The lowest BCUT2D eigenvalue weighted by molar-refractivity contribution is -0.134. The molecule has 18 heavy (non-hydrogen) atoms. The normalized spacial score (nSPS) is 18.4. The highest BCUT2D eigenvalue weighted by Crippen LogP contribution is 2.33. The summed E-state index contributed by atoms with van der Waals surface area (Å²) >= 11 is 0. The Labute approximate surface area is 104 Å². The van der Waals surface area contributed by atoms with Crippen molar-refractivity contribution in [2.24, 2.45) is 0 Å². The average molecular weight is 244 g/mol. The quantitative estimate of drug-likeness (QED) is 0.743. The molecular formula is C14H12O4. The lowest BCUT2D eigenvalue weighted by Gasteiger charge is -2.08. The molecule has 92 valence electrons. The average Bonchev–Trinajstić information content (AvgIpc) is 2.95. The maximum Gasteiger partial charge on any atom is 0.336 e. The predicted octanol–water partition coefficient (Wildman–Crippen LogP) is 2.22. The van der Waals surface area contributed by atoms with E-state index in [-0.39, 0.29) is 5.57 Å². The molecule has 0 saturated carbocycles. The molecule has 0 fully saturated rings. The molecule has 2 N–H and O–H groups in total. The van der Waals surface area contributed by atoms with Crippen LogP contribution < -0.4 is 0 Å². The topological polar surface area (TPSA) is 74.6 Å². The van der Waals surface area contributed by atoms with Gasteiger partial charge in [0.15, 0.2) is 0 Å². The van der Waals surface area contributed by atoms with Crippen LogP contribution in [-0.4, -0.2) is 22.2 Å². The van der Waals surface area contributed by atoms with Gasteiger partial charge in [-0.2, -0.15) is 0 Å². The summed E-state index contributed by atoms with van der Waals surface area (Å²) in [6.07, 6.45) is 11.5. The Morgan fingerprint density at radius 1 is 1.17 bits per heavy atom. The van der Waals surface area contributed by atoms with Crippen molar-refractivity contribution in [1.82, 2.24) is 0 Å². The molecule has 0 heterocycles. The highest BCUT2D eigenvalue weighted by Gasteiger charge is 2.21. The first-order valence-electron chi connectivity index (χ1n) is 5.53. The Hall–Kier alpha value is -2.36. The van der Waals surface area contributed by atoms with E-state index in [0.29, 0.717) is 12.0 Å². The van der Waals surface area contributed by atoms with E-state index < -0.39 is 11.9 Å². The van der Waals surface area contributed by atoms with E-state index in [4.69, 9.17) is 10.2 Å². The summed E-state index contributed by atoms with van der Waals surface area (Å²) in [5.74, 6) is -2.47. The Balaban J connectivity index is 2.45. The fourth-order valence-corrected chi connectivity index (χ4v) is 2.11. The zero-order valence-corrected chi connectivity index (χ0v) is 9.59. The lowest BCUT2D eigenvalue weighted by Crippen LogP contribution is -2.07. The number of hydrogen-bond acceptors (Lipinski definition) is 2. The van der Waals surface area contributed by atoms with Crippen molar-refractivity contribution in [3.63, 3.8) is 0 Å². The van der Waals surface area contributed by atoms with Gasteiger partial charge in [0.2, 0.25) is 0 Å². The summed E-state index contributed by atoms with van der Waals surface area (Å²) in [4.78, 5) is 21.8. The molecule has 0 aromatic rings. The van der Waals surface area contributed by atoms with Gasteiger partial charge in [-0.25, -0.2) is 9.59 Å². The minimum atomic E-state index is -1.25. The van der Waals surface area contributed by atoms with Crippen LogP contribution in [0.1, 0.15) is 12.8 Å². The first kappa shape index (κ1) is 12.1. The molecule has 0 radical (unpaired) electrons. The number of allylic oxidation sites excluding steroid dienone is 7. The van der Waals surface area contributed by atoms with E-state index in [2.05, 4.69) is 0 Å². The van der Waals surface area contributed by atoms with Crippen molar-refractivity contribution in [1.29, 1.82) is 0 Å². The minimum Gasteiger partial charge on any atom is -0.478 e. The number of carboxylic acid groups (broad SMARTS) is 2. The van der Waals surface area contributed by atoms with Crippen LogP contribution in [0.3, 0.4) is 0 Å². The summed E-state index contributed by atoms with van der Waals surface area (Å²) in [5.41, 5.74) is 2.28. The van der Waals surface area contributed by atoms with Gasteiger partial charge in [0.05, 0.1) is 5.57 Å². The van der Waals surface area contributed by atoms with Gasteiger partial charge in [-0.3, -0.25) is 0 Å². The zero-order chi connectivity index (χ0) is 13.1. The van der Waals surface area contributed by atoms with Gasteiger partial charge in [0.1, 0.15) is 0 Å². The van der Waals surface area contributed by atoms with Crippen LogP contribution in [0.25, 0.3) is 0 Å². The van der Waals surface area contributed by atoms with Crippen molar-refractivity contribution < 1.29 is 19.8 Å². The molecule has 0 unspecified atom stereocenters. The maximum absolute atomic E-state index is 11.1. The molecule has 2 aliphatic rings. The molecule has 0 atom stereocenters. The van der Waals surface area contributed by atoms with Crippen molar-refractivity contribution >= 4 is 11.9 Å². The summed E-state index contributed by atoms with van der Waals surface area (Å²) < 4.78 is 0. The minimum absolute atomic E-state index is 0.168. The summed E-state index contributed by atoms with van der Waals surface area (Å²) in [6.45, 7) is 0. The van der Waals surface area contributed by atoms with E-state index in [1.54, 1.807) is 6.08 Å². The van der Waals surface area contributed by atoms with Gasteiger partial charge in [0.25, 0.3) is 0 Å². The molecule has 2 rings (SSSR count). The summed E-state index contributed by atoms with van der Waals surface area (Å²) in [5, 5.41) is 17.8. The second kappa shape index (κ2) is 4.87. The van der Waals surface area contributed by atoms with Gasteiger partial charge in [-0.05, 0) is 29.6 Å². The van der Waals surface area contributed by atoms with Gasteiger partial charge >= 0.3 is 11.9 Å². The maximum atomic E-state index is 11.1. The molecule has 0 saturated heterocycles. The third kappa shape index (κ3) is 2.32. The second-order valence-corrected chi connectivity index (χ2v) is 4.02. The fourth-order valence-electron chi connectivity index (χ4n) is 2.11. The first-order chi connectivity index (χ1) is 8.59. The summed E-state index contributed by atoms with van der Waals surface area (Å²) in [6, 6.07) is 0. The number of rotatable bonds is 4. The largest absolute Gasteiger partial charge is 0.478 e. The lowest BCUT2D eigenvalue weighted by atomic mass is 9.95. The van der Waals surface area contributed by atoms with Gasteiger partial charge in [-0.15, -0.1) is 0 Å². The van der Waals surface area contributed by atoms with E-state index in [1.165, 1.54) is 0 Å². The first-order valence-corrected chi connectivity index (χ1v) is 5.53. The van der Waals surface area contributed by atoms with E-state index in [0.717, 1.165) is 23.6 Å². The molecule has 2 aliphatic carbocycles. The van der Waals surface area contributed by atoms with Crippen molar-refractivity contribution in [2.45, 2.75) is 12.8 Å². The number of carboxylic acids is 2. The second-order valence-electron chi connectivity index (χ2n) is 4.02. The molecular weight excluding hydrogens is 232 g/mol. The SMILES string of the molecule is O=C(O)/C=C(\C(=O)O)C1=C(C2=CC=CC2)CC=C1. The molecule has 4 nitrogen and oxygen atoms in total. The van der Waals surface area contributed by atoms with Crippen molar-refractivity contribution in [2.75, 3.05) is 0 Å². The molecule has 0 bridgehead atoms. The zero-order valence-electron chi connectivity index (χ0n) is 9.59. The third-order valence-electron chi connectivity index (χ3n) is 2.88. The number of hydrogen-bond donors (Lipinski definition) is 2. The van der Waals surface area contributed by atoms with Gasteiger partial charge in [-0.1, -0.05) is 30.4 Å².